The number of esters is 1. The van der Waals surface area contributed by atoms with Gasteiger partial charge in [-0.3, -0.25) is 4.79 Å². The van der Waals surface area contributed by atoms with Crippen molar-refractivity contribution in [3.63, 3.8) is 0 Å². The normalized spacial score (nSPS) is 10.1. The monoisotopic (exact) mass is 337 g/mol. The van der Waals surface area contributed by atoms with E-state index in [1.54, 1.807) is 25.1 Å². The molecule has 2 aromatic rings. The molecule has 20 heavy (non-hydrogen) atoms. The van der Waals surface area contributed by atoms with Crippen LogP contribution in [0.4, 0.5) is 5.69 Å². The van der Waals surface area contributed by atoms with Crippen molar-refractivity contribution in [1.82, 2.24) is 0 Å². The molecule has 0 fully saturated rings. The number of carbonyl (C=O) groups is 2. The maximum absolute atomic E-state index is 11.7. The molecule has 0 unspecified atom stereocenters. The number of furan rings is 1. The first-order chi connectivity index (χ1) is 9.58. The van der Waals surface area contributed by atoms with Crippen LogP contribution >= 0.6 is 15.9 Å². The van der Waals surface area contributed by atoms with Crippen LogP contribution in [-0.4, -0.2) is 18.5 Å². The van der Waals surface area contributed by atoms with Crippen LogP contribution in [0.5, 0.6) is 0 Å². The van der Waals surface area contributed by atoms with Gasteiger partial charge in [0.15, 0.2) is 6.61 Å². The van der Waals surface area contributed by atoms with Gasteiger partial charge in [0.25, 0.3) is 5.91 Å². The van der Waals surface area contributed by atoms with Crippen molar-refractivity contribution >= 4 is 33.5 Å². The van der Waals surface area contributed by atoms with Crippen LogP contribution in [0.25, 0.3) is 0 Å². The Morgan fingerprint density at radius 1 is 1.30 bits per heavy atom. The lowest BCUT2D eigenvalue weighted by atomic mass is 10.3. The van der Waals surface area contributed by atoms with Gasteiger partial charge in [0.2, 0.25) is 0 Å². The lowest BCUT2D eigenvalue weighted by Gasteiger charge is -2.07. The molecule has 0 spiro atoms. The third kappa shape index (κ3) is 3.48. The smallest absolute Gasteiger partial charge is 0.342 e. The van der Waals surface area contributed by atoms with E-state index < -0.39 is 11.9 Å². The predicted octanol–water partition coefficient (Wildman–Crippen LogP) is 3.15. The molecular formula is C14H12BrNO4. The number of ether oxygens (including phenoxy) is 1. The van der Waals surface area contributed by atoms with Crippen LogP contribution < -0.4 is 5.32 Å². The standard InChI is InChI=1S/C14H12BrNO4/c1-9-10(6-7-19-9)14(18)20-8-13(17)16-12-5-3-2-4-11(12)15/h2-7H,8H2,1H3,(H,16,17). The van der Waals surface area contributed by atoms with Crippen LogP contribution in [0, 0.1) is 6.92 Å². The number of benzene rings is 1. The number of para-hydroxylation sites is 1. The average Bonchev–Trinajstić information content (AvgIpc) is 2.85. The minimum Gasteiger partial charge on any atom is -0.469 e. The molecule has 1 aromatic heterocycles. The lowest BCUT2D eigenvalue weighted by molar-refractivity contribution is -0.119. The number of nitrogens with one attached hydrogen (secondary N) is 1. The average molecular weight is 338 g/mol. The second-order valence-corrected chi connectivity index (χ2v) is 4.85. The molecule has 0 saturated carbocycles. The first kappa shape index (κ1) is 14.3. The van der Waals surface area contributed by atoms with Gasteiger partial charge in [-0.15, -0.1) is 0 Å². The molecule has 0 radical (unpaired) electrons. The second kappa shape index (κ2) is 6.38. The Hall–Kier alpha value is -2.08. The molecule has 1 N–H and O–H groups in total. The molecule has 0 saturated heterocycles. The van der Waals surface area contributed by atoms with E-state index in [-0.39, 0.29) is 6.61 Å². The number of halogens is 1. The molecule has 6 heteroatoms. The zero-order valence-electron chi connectivity index (χ0n) is 10.7. The van der Waals surface area contributed by atoms with E-state index in [4.69, 9.17) is 9.15 Å². The van der Waals surface area contributed by atoms with Crippen molar-refractivity contribution in [2.75, 3.05) is 11.9 Å². The van der Waals surface area contributed by atoms with Crippen molar-refractivity contribution in [1.29, 1.82) is 0 Å². The minimum atomic E-state index is -0.585. The third-order valence-corrected chi connectivity index (χ3v) is 3.25. The highest BCUT2D eigenvalue weighted by molar-refractivity contribution is 9.10. The number of aryl methyl sites for hydroxylation is 1. The summed E-state index contributed by atoms with van der Waals surface area (Å²) in [4.78, 5) is 23.4. The summed E-state index contributed by atoms with van der Waals surface area (Å²) in [6, 6.07) is 8.67. The Morgan fingerprint density at radius 2 is 2.05 bits per heavy atom. The number of anilines is 1. The molecule has 5 nitrogen and oxygen atoms in total. The summed E-state index contributed by atoms with van der Waals surface area (Å²) in [7, 11) is 0. The van der Waals surface area contributed by atoms with E-state index in [0.29, 0.717) is 17.0 Å². The van der Waals surface area contributed by atoms with E-state index in [1.165, 1.54) is 12.3 Å². The van der Waals surface area contributed by atoms with Crippen LogP contribution in [-0.2, 0) is 9.53 Å². The Kier molecular flexibility index (Phi) is 4.57. The Morgan fingerprint density at radius 3 is 2.70 bits per heavy atom. The summed E-state index contributed by atoms with van der Waals surface area (Å²) < 4.78 is 10.7. The lowest BCUT2D eigenvalue weighted by Crippen LogP contribution is -2.21. The summed E-state index contributed by atoms with van der Waals surface area (Å²) in [6.07, 6.45) is 1.40. The molecule has 0 bridgehead atoms. The summed E-state index contributed by atoms with van der Waals surface area (Å²) in [5, 5.41) is 2.64. The quantitative estimate of drug-likeness (QED) is 0.870. The summed E-state index contributed by atoms with van der Waals surface area (Å²) in [6.45, 7) is 1.29. The number of hydrogen-bond acceptors (Lipinski definition) is 4. The van der Waals surface area contributed by atoms with Crippen LogP contribution in [0.1, 0.15) is 16.1 Å². The fourth-order valence-corrected chi connectivity index (χ4v) is 1.94. The van der Waals surface area contributed by atoms with Crippen molar-refractivity contribution in [2.24, 2.45) is 0 Å². The fraction of sp³-hybridized carbons (Fsp3) is 0.143. The number of carbonyl (C=O) groups excluding carboxylic acids is 2. The van der Waals surface area contributed by atoms with Crippen LogP contribution in [0.2, 0.25) is 0 Å². The highest BCUT2D eigenvalue weighted by Crippen LogP contribution is 2.21. The molecule has 0 aliphatic carbocycles. The van der Waals surface area contributed by atoms with Gasteiger partial charge in [0, 0.05) is 4.47 Å². The molecule has 1 heterocycles. The largest absolute Gasteiger partial charge is 0.469 e. The molecule has 104 valence electrons. The minimum absolute atomic E-state index is 0.318. The van der Waals surface area contributed by atoms with E-state index in [1.807, 2.05) is 6.07 Å². The number of rotatable bonds is 4. The molecule has 0 aliphatic heterocycles. The van der Waals surface area contributed by atoms with Crippen LogP contribution in [0.15, 0.2) is 45.5 Å². The van der Waals surface area contributed by atoms with Gasteiger partial charge in [0.05, 0.1) is 12.0 Å². The Labute approximate surface area is 124 Å². The number of hydrogen-bond donors (Lipinski definition) is 1. The summed E-state index contributed by atoms with van der Waals surface area (Å²) >= 11 is 3.31. The maximum atomic E-state index is 11.7. The summed E-state index contributed by atoms with van der Waals surface area (Å²) in [5.41, 5.74) is 0.937. The van der Waals surface area contributed by atoms with E-state index in [0.717, 1.165) is 4.47 Å². The van der Waals surface area contributed by atoms with E-state index >= 15 is 0 Å². The van der Waals surface area contributed by atoms with Gasteiger partial charge >= 0.3 is 5.97 Å². The van der Waals surface area contributed by atoms with E-state index in [9.17, 15) is 9.59 Å². The zero-order chi connectivity index (χ0) is 14.5. The van der Waals surface area contributed by atoms with Gasteiger partial charge in [-0.25, -0.2) is 4.79 Å². The van der Waals surface area contributed by atoms with Gasteiger partial charge in [-0.1, -0.05) is 12.1 Å². The predicted molar refractivity (Wildman–Crippen MR) is 76.5 cm³/mol. The number of amides is 1. The zero-order valence-corrected chi connectivity index (χ0v) is 12.3. The molecular weight excluding hydrogens is 326 g/mol. The van der Waals surface area contributed by atoms with Gasteiger partial charge in [-0.2, -0.15) is 0 Å². The van der Waals surface area contributed by atoms with Crippen molar-refractivity contribution < 1.29 is 18.7 Å². The van der Waals surface area contributed by atoms with Gasteiger partial charge in [0.1, 0.15) is 11.3 Å². The second-order valence-electron chi connectivity index (χ2n) is 3.99. The molecule has 0 aliphatic rings. The first-order valence-corrected chi connectivity index (χ1v) is 6.63. The van der Waals surface area contributed by atoms with Crippen molar-refractivity contribution in [3.8, 4) is 0 Å². The Bertz CT molecular complexity index is 636. The molecule has 2 rings (SSSR count). The topological polar surface area (TPSA) is 68.5 Å². The van der Waals surface area contributed by atoms with E-state index in [2.05, 4.69) is 21.2 Å². The van der Waals surface area contributed by atoms with Crippen LogP contribution in [0.3, 0.4) is 0 Å². The van der Waals surface area contributed by atoms with Crippen molar-refractivity contribution in [2.45, 2.75) is 6.92 Å². The third-order valence-electron chi connectivity index (χ3n) is 2.56. The molecule has 0 atom stereocenters. The van der Waals surface area contributed by atoms with Gasteiger partial charge in [-0.05, 0) is 41.1 Å². The maximum Gasteiger partial charge on any atom is 0.342 e. The van der Waals surface area contributed by atoms with Gasteiger partial charge < -0.3 is 14.5 Å². The van der Waals surface area contributed by atoms with Crippen molar-refractivity contribution in [3.05, 3.63) is 52.4 Å². The first-order valence-electron chi connectivity index (χ1n) is 5.83. The molecule has 1 aromatic carbocycles. The molecule has 1 amide bonds. The highest BCUT2D eigenvalue weighted by atomic mass is 79.9. The SMILES string of the molecule is Cc1occc1C(=O)OCC(=O)Nc1ccccc1Br. The fourth-order valence-electron chi connectivity index (χ4n) is 1.55. The highest BCUT2D eigenvalue weighted by Gasteiger charge is 2.14. The summed E-state index contributed by atoms with van der Waals surface area (Å²) in [5.74, 6) is -0.536. The Balaban J connectivity index is 1.89.